The summed E-state index contributed by atoms with van der Waals surface area (Å²) in [6, 6.07) is 0. The predicted molar refractivity (Wildman–Crippen MR) is 67.5 cm³/mol. The van der Waals surface area contributed by atoms with Crippen LogP contribution in [0.4, 0.5) is 13.2 Å². The standard InChI is InChI=1S/C13H23F3N2O/c1-2-4-10-5-3-7-12(8-6-10,11(17)19)18-9-13(14,15)16/h10,18H,2-9H2,1H3,(H2,17,19). The fourth-order valence-corrected chi connectivity index (χ4v) is 2.89. The first-order valence-electron chi connectivity index (χ1n) is 6.91. The Labute approximate surface area is 112 Å². The highest BCUT2D eigenvalue weighted by molar-refractivity contribution is 5.84. The van der Waals surface area contributed by atoms with Gasteiger partial charge >= 0.3 is 6.18 Å². The van der Waals surface area contributed by atoms with E-state index in [0.717, 1.165) is 32.1 Å². The second kappa shape index (κ2) is 6.59. The van der Waals surface area contributed by atoms with Crippen LogP contribution in [0, 0.1) is 5.92 Å². The summed E-state index contributed by atoms with van der Waals surface area (Å²) in [5.74, 6) is -0.159. The van der Waals surface area contributed by atoms with E-state index >= 15 is 0 Å². The molecule has 0 spiro atoms. The maximum atomic E-state index is 12.3. The van der Waals surface area contributed by atoms with Crippen LogP contribution in [0.3, 0.4) is 0 Å². The first-order valence-corrected chi connectivity index (χ1v) is 6.91. The Morgan fingerprint density at radius 1 is 1.37 bits per heavy atom. The molecule has 0 aromatic rings. The number of nitrogens with one attached hydrogen (secondary N) is 1. The van der Waals surface area contributed by atoms with Gasteiger partial charge in [0.25, 0.3) is 0 Å². The summed E-state index contributed by atoms with van der Waals surface area (Å²) in [6.45, 7) is 0.933. The molecular weight excluding hydrogens is 257 g/mol. The van der Waals surface area contributed by atoms with Gasteiger partial charge in [-0.15, -0.1) is 0 Å². The number of primary amides is 1. The van der Waals surface area contributed by atoms with Crippen molar-refractivity contribution < 1.29 is 18.0 Å². The summed E-state index contributed by atoms with van der Waals surface area (Å²) in [7, 11) is 0. The number of carbonyl (C=O) groups excluding carboxylic acids is 1. The number of alkyl halides is 3. The lowest BCUT2D eigenvalue weighted by molar-refractivity contribution is -0.136. The van der Waals surface area contributed by atoms with Gasteiger partial charge in [0.2, 0.25) is 5.91 Å². The Morgan fingerprint density at radius 3 is 2.58 bits per heavy atom. The van der Waals surface area contributed by atoms with Crippen LogP contribution in [0.15, 0.2) is 0 Å². The summed E-state index contributed by atoms with van der Waals surface area (Å²) < 4.78 is 37.0. The molecule has 2 atom stereocenters. The molecule has 0 heterocycles. The van der Waals surface area contributed by atoms with Crippen molar-refractivity contribution in [3.63, 3.8) is 0 Å². The molecular formula is C13H23F3N2O. The molecule has 3 N–H and O–H groups in total. The molecule has 19 heavy (non-hydrogen) atoms. The summed E-state index contributed by atoms with van der Waals surface area (Å²) in [5.41, 5.74) is 4.17. The zero-order valence-corrected chi connectivity index (χ0v) is 11.4. The monoisotopic (exact) mass is 280 g/mol. The maximum Gasteiger partial charge on any atom is 0.401 e. The Hall–Kier alpha value is -0.780. The van der Waals surface area contributed by atoms with Gasteiger partial charge in [0.05, 0.1) is 12.1 Å². The van der Waals surface area contributed by atoms with Gasteiger partial charge < -0.3 is 5.73 Å². The predicted octanol–water partition coefficient (Wildman–Crippen LogP) is 2.74. The third-order valence-electron chi connectivity index (χ3n) is 3.99. The van der Waals surface area contributed by atoms with Gasteiger partial charge in [0.1, 0.15) is 0 Å². The zero-order valence-electron chi connectivity index (χ0n) is 11.4. The molecule has 2 unspecified atom stereocenters. The van der Waals surface area contributed by atoms with Crippen molar-refractivity contribution in [2.75, 3.05) is 6.54 Å². The number of nitrogens with two attached hydrogens (primary N) is 1. The Morgan fingerprint density at radius 2 is 2.05 bits per heavy atom. The van der Waals surface area contributed by atoms with E-state index < -0.39 is 24.2 Å². The fraction of sp³-hybridized carbons (Fsp3) is 0.923. The minimum atomic E-state index is -4.32. The lowest BCUT2D eigenvalue weighted by Gasteiger charge is -2.31. The van der Waals surface area contributed by atoms with E-state index in [4.69, 9.17) is 5.73 Å². The molecule has 0 aliphatic heterocycles. The molecule has 1 rings (SSSR count). The Balaban J connectivity index is 2.69. The van der Waals surface area contributed by atoms with Crippen molar-refractivity contribution in [1.82, 2.24) is 5.32 Å². The van der Waals surface area contributed by atoms with Crippen LogP contribution in [0.2, 0.25) is 0 Å². The highest BCUT2D eigenvalue weighted by atomic mass is 19.4. The Bertz CT molecular complexity index is 307. The average molecular weight is 280 g/mol. The number of hydrogen-bond donors (Lipinski definition) is 2. The van der Waals surface area contributed by atoms with Gasteiger partial charge in [-0.3, -0.25) is 10.1 Å². The van der Waals surface area contributed by atoms with Crippen LogP contribution in [0.5, 0.6) is 0 Å². The molecule has 0 aromatic heterocycles. The van der Waals surface area contributed by atoms with Crippen molar-refractivity contribution in [2.45, 2.75) is 63.6 Å². The third kappa shape index (κ3) is 5.01. The summed E-state index contributed by atoms with van der Waals surface area (Å²) >= 11 is 0. The van der Waals surface area contributed by atoms with Crippen molar-refractivity contribution in [3.05, 3.63) is 0 Å². The second-order valence-corrected chi connectivity index (χ2v) is 5.50. The first-order chi connectivity index (χ1) is 8.79. The number of amides is 1. The zero-order chi connectivity index (χ0) is 14.5. The van der Waals surface area contributed by atoms with E-state index in [0.29, 0.717) is 18.8 Å². The average Bonchev–Trinajstić information content (AvgIpc) is 2.50. The molecule has 1 saturated carbocycles. The first kappa shape index (κ1) is 16.3. The highest BCUT2D eigenvalue weighted by Gasteiger charge is 2.41. The topological polar surface area (TPSA) is 55.1 Å². The quantitative estimate of drug-likeness (QED) is 0.761. The van der Waals surface area contributed by atoms with E-state index in [2.05, 4.69) is 12.2 Å². The smallest absolute Gasteiger partial charge is 0.368 e. The second-order valence-electron chi connectivity index (χ2n) is 5.50. The molecule has 1 amide bonds. The third-order valence-corrected chi connectivity index (χ3v) is 3.99. The largest absolute Gasteiger partial charge is 0.401 e. The number of rotatable bonds is 5. The Kier molecular flexibility index (Phi) is 5.64. The molecule has 0 bridgehead atoms. The maximum absolute atomic E-state index is 12.3. The van der Waals surface area contributed by atoms with Crippen LogP contribution in [-0.4, -0.2) is 24.2 Å². The van der Waals surface area contributed by atoms with Crippen LogP contribution < -0.4 is 11.1 Å². The van der Waals surface area contributed by atoms with Gasteiger partial charge in [0, 0.05) is 0 Å². The number of hydrogen-bond acceptors (Lipinski definition) is 2. The van der Waals surface area contributed by atoms with E-state index in [-0.39, 0.29) is 0 Å². The molecule has 3 nitrogen and oxygen atoms in total. The van der Waals surface area contributed by atoms with Crippen molar-refractivity contribution >= 4 is 5.91 Å². The minimum Gasteiger partial charge on any atom is -0.368 e. The molecule has 1 fully saturated rings. The fourth-order valence-electron chi connectivity index (χ4n) is 2.89. The van der Waals surface area contributed by atoms with Gasteiger partial charge in [0.15, 0.2) is 0 Å². The lowest BCUT2D eigenvalue weighted by Crippen LogP contribution is -2.57. The lowest BCUT2D eigenvalue weighted by atomic mass is 9.88. The van der Waals surface area contributed by atoms with Crippen LogP contribution in [0.25, 0.3) is 0 Å². The molecule has 0 radical (unpaired) electrons. The molecule has 112 valence electrons. The van der Waals surface area contributed by atoms with Gasteiger partial charge in [-0.2, -0.15) is 13.2 Å². The van der Waals surface area contributed by atoms with E-state index in [1.54, 1.807) is 0 Å². The molecule has 0 aromatic carbocycles. The number of carbonyl (C=O) groups is 1. The van der Waals surface area contributed by atoms with Crippen molar-refractivity contribution in [1.29, 1.82) is 0 Å². The van der Waals surface area contributed by atoms with Gasteiger partial charge in [-0.1, -0.05) is 32.6 Å². The van der Waals surface area contributed by atoms with Crippen LogP contribution >= 0.6 is 0 Å². The molecule has 1 aliphatic rings. The van der Waals surface area contributed by atoms with Crippen LogP contribution in [0.1, 0.15) is 51.9 Å². The summed E-state index contributed by atoms with van der Waals surface area (Å²) in [6.07, 6.45) is 1.09. The highest BCUT2D eigenvalue weighted by Crippen LogP contribution is 2.33. The molecule has 1 aliphatic carbocycles. The van der Waals surface area contributed by atoms with Gasteiger partial charge in [-0.05, 0) is 25.2 Å². The minimum absolute atomic E-state index is 0.401. The van der Waals surface area contributed by atoms with E-state index in [1.807, 2.05) is 0 Å². The van der Waals surface area contributed by atoms with Crippen LogP contribution in [-0.2, 0) is 4.79 Å². The summed E-state index contributed by atoms with van der Waals surface area (Å²) in [5, 5.41) is 2.38. The molecule has 0 saturated heterocycles. The van der Waals surface area contributed by atoms with Crippen molar-refractivity contribution in [3.8, 4) is 0 Å². The van der Waals surface area contributed by atoms with Crippen molar-refractivity contribution in [2.24, 2.45) is 11.7 Å². The van der Waals surface area contributed by atoms with E-state index in [1.165, 1.54) is 0 Å². The normalized spacial score (nSPS) is 28.9. The summed E-state index contributed by atoms with van der Waals surface area (Å²) in [4.78, 5) is 11.6. The number of halogens is 3. The van der Waals surface area contributed by atoms with Gasteiger partial charge in [-0.25, -0.2) is 0 Å². The molecule has 6 heteroatoms. The van der Waals surface area contributed by atoms with E-state index in [9.17, 15) is 18.0 Å². The SMILES string of the molecule is CCCC1CCCC(NCC(F)(F)F)(C(N)=O)CC1.